The molecule has 0 unspecified atom stereocenters. The van der Waals surface area contributed by atoms with Crippen LogP contribution in [0.15, 0.2) is 103 Å². The Kier molecular flexibility index (Phi) is 5.09. The molecule has 0 spiro atoms. The molecule has 3 heteroatoms. The second-order valence-electron chi connectivity index (χ2n) is 6.90. The molecular weight excluding hydrogens is 348 g/mol. The van der Waals surface area contributed by atoms with Crippen LogP contribution in [0.2, 0.25) is 0 Å². The van der Waals surface area contributed by atoms with Crippen molar-refractivity contribution in [2.75, 3.05) is 6.61 Å². The molecule has 3 aromatic carbocycles. The van der Waals surface area contributed by atoms with Gasteiger partial charge in [-0.15, -0.1) is 0 Å². The molecule has 3 nitrogen and oxygen atoms in total. The summed E-state index contributed by atoms with van der Waals surface area (Å²) in [6, 6.07) is 30.5. The summed E-state index contributed by atoms with van der Waals surface area (Å²) in [6.07, 6.45) is 1.16. The molecule has 1 aliphatic rings. The van der Waals surface area contributed by atoms with Gasteiger partial charge in [-0.25, -0.2) is 4.79 Å². The normalized spacial score (nSPS) is 16.5. The second-order valence-corrected chi connectivity index (χ2v) is 6.90. The highest BCUT2D eigenvalue weighted by Gasteiger charge is 2.39. The van der Waals surface area contributed by atoms with E-state index in [-0.39, 0.29) is 18.7 Å². The maximum atomic E-state index is 11.6. The van der Waals surface area contributed by atoms with E-state index in [0.29, 0.717) is 0 Å². The van der Waals surface area contributed by atoms with Crippen molar-refractivity contribution in [2.45, 2.75) is 18.6 Å². The van der Waals surface area contributed by atoms with Gasteiger partial charge in [0.2, 0.25) is 0 Å². The predicted molar refractivity (Wildman–Crippen MR) is 109 cm³/mol. The molecule has 4 rings (SSSR count). The SMILES string of the molecule is CC1=CC(=O)O[C@H]1COC(c1ccccc1)(c1ccccc1)c1ccccc1. The molecule has 0 amide bonds. The highest BCUT2D eigenvalue weighted by Crippen LogP contribution is 2.40. The third kappa shape index (κ3) is 3.37. The molecule has 0 saturated carbocycles. The van der Waals surface area contributed by atoms with Crippen LogP contribution in [0.4, 0.5) is 0 Å². The van der Waals surface area contributed by atoms with E-state index in [9.17, 15) is 4.79 Å². The maximum absolute atomic E-state index is 11.6. The van der Waals surface area contributed by atoms with Crippen molar-refractivity contribution in [2.24, 2.45) is 0 Å². The van der Waals surface area contributed by atoms with Crippen molar-refractivity contribution >= 4 is 5.97 Å². The number of esters is 1. The number of ether oxygens (including phenoxy) is 2. The molecule has 28 heavy (non-hydrogen) atoms. The molecule has 0 fully saturated rings. The van der Waals surface area contributed by atoms with Crippen LogP contribution in [0.25, 0.3) is 0 Å². The Morgan fingerprint density at radius 2 is 1.21 bits per heavy atom. The van der Waals surface area contributed by atoms with E-state index >= 15 is 0 Å². The number of carbonyl (C=O) groups excluding carboxylic acids is 1. The first kappa shape index (κ1) is 18.2. The smallest absolute Gasteiger partial charge is 0.331 e. The molecule has 140 valence electrons. The fourth-order valence-electron chi connectivity index (χ4n) is 3.68. The monoisotopic (exact) mass is 370 g/mol. The van der Waals surface area contributed by atoms with Gasteiger partial charge in [-0.1, -0.05) is 91.0 Å². The third-order valence-electron chi connectivity index (χ3n) is 5.10. The molecule has 0 aliphatic carbocycles. The van der Waals surface area contributed by atoms with Crippen molar-refractivity contribution in [3.05, 3.63) is 119 Å². The lowest BCUT2D eigenvalue weighted by Gasteiger charge is -2.36. The fourth-order valence-corrected chi connectivity index (χ4v) is 3.68. The molecule has 0 radical (unpaired) electrons. The van der Waals surface area contributed by atoms with Gasteiger partial charge in [0, 0.05) is 6.08 Å². The van der Waals surface area contributed by atoms with E-state index < -0.39 is 5.60 Å². The quantitative estimate of drug-likeness (QED) is 0.459. The Morgan fingerprint density at radius 3 is 1.57 bits per heavy atom. The molecule has 0 aromatic heterocycles. The number of rotatable bonds is 6. The van der Waals surface area contributed by atoms with Gasteiger partial charge in [0.15, 0.2) is 0 Å². The largest absolute Gasteiger partial charge is 0.452 e. The van der Waals surface area contributed by atoms with E-state index in [1.54, 1.807) is 0 Å². The number of cyclic esters (lactones) is 1. The summed E-state index contributed by atoms with van der Waals surface area (Å²) in [5.41, 5.74) is 3.15. The Labute approximate surface area is 165 Å². The summed E-state index contributed by atoms with van der Waals surface area (Å²) in [5, 5.41) is 0. The van der Waals surface area contributed by atoms with Gasteiger partial charge >= 0.3 is 5.97 Å². The number of carbonyl (C=O) groups is 1. The van der Waals surface area contributed by atoms with Crippen LogP contribution < -0.4 is 0 Å². The minimum Gasteiger partial charge on any atom is -0.452 e. The molecule has 1 atom stereocenters. The number of benzene rings is 3. The van der Waals surface area contributed by atoms with Crippen molar-refractivity contribution in [1.29, 1.82) is 0 Å². The highest BCUT2D eigenvalue weighted by atomic mass is 16.6. The van der Waals surface area contributed by atoms with Gasteiger partial charge in [-0.05, 0) is 29.2 Å². The van der Waals surface area contributed by atoms with Crippen molar-refractivity contribution < 1.29 is 14.3 Å². The van der Waals surface area contributed by atoms with Crippen LogP contribution in [-0.2, 0) is 19.9 Å². The van der Waals surface area contributed by atoms with Gasteiger partial charge in [-0.3, -0.25) is 0 Å². The van der Waals surface area contributed by atoms with Crippen molar-refractivity contribution in [1.82, 2.24) is 0 Å². The lowest BCUT2D eigenvalue weighted by molar-refractivity contribution is -0.142. The third-order valence-corrected chi connectivity index (χ3v) is 5.10. The Bertz CT molecular complexity index is 866. The molecule has 0 bridgehead atoms. The molecule has 0 N–H and O–H groups in total. The lowest BCUT2D eigenvalue weighted by atomic mass is 9.80. The molecule has 1 heterocycles. The van der Waals surface area contributed by atoms with Crippen LogP contribution in [-0.4, -0.2) is 18.7 Å². The first-order chi connectivity index (χ1) is 13.7. The van der Waals surface area contributed by atoms with Crippen LogP contribution in [0.5, 0.6) is 0 Å². The summed E-state index contributed by atoms with van der Waals surface area (Å²) < 4.78 is 12.1. The summed E-state index contributed by atoms with van der Waals surface area (Å²) in [6.45, 7) is 2.17. The van der Waals surface area contributed by atoms with E-state index in [4.69, 9.17) is 9.47 Å². The summed E-state index contributed by atoms with van der Waals surface area (Å²) in [5.74, 6) is -0.309. The van der Waals surface area contributed by atoms with Gasteiger partial charge < -0.3 is 9.47 Å². The van der Waals surface area contributed by atoms with E-state index in [2.05, 4.69) is 36.4 Å². The number of hydrogen-bond donors (Lipinski definition) is 0. The minimum atomic E-state index is -0.806. The molecule has 0 saturated heterocycles. The second kappa shape index (κ2) is 7.83. The topological polar surface area (TPSA) is 35.5 Å². The number of hydrogen-bond acceptors (Lipinski definition) is 3. The summed E-state index contributed by atoms with van der Waals surface area (Å²) in [4.78, 5) is 11.6. The predicted octanol–water partition coefficient (Wildman–Crippen LogP) is 4.87. The maximum Gasteiger partial charge on any atom is 0.331 e. The Morgan fingerprint density at radius 1 is 0.786 bits per heavy atom. The zero-order valence-electron chi connectivity index (χ0n) is 15.7. The Balaban J connectivity index is 1.84. The van der Waals surface area contributed by atoms with Gasteiger partial charge in [0.25, 0.3) is 0 Å². The van der Waals surface area contributed by atoms with Crippen molar-refractivity contribution in [3.8, 4) is 0 Å². The average molecular weight is 370 g/mol. The van der Waals surface area contributed by atoms with Crippen LogP contribution >= 0.6 is 0 Å². The summed E-state index contributed by atoms with van der Waals surface area (Å²) >= 11 is 0. The highest BCUT2D eigenvalue weighted by molar-refractivity contribution is 5.85. The zero-order chi connectivity index (χ0) is 19.4. The average Bonchev–Trinajstić information content (AvgIpc) is 3.08. The molecule has 3 aromatic rings. The van der Waals surface area contributed by atoms with E-state index in [1.807, 2.05) is 61.5 Å². The van der Waals surface area contributed by atoms with Crippen LogP contribution in [0, 0.1) is 0 Å². The van der Waals surface area contributed by atoms with Crippen LogP contribution in [0.3, 0.4) is 0 Å². The van der Waals surface area contributed by atoms with Crippen LogP contribution in [0.1, 0.15) is 23.6 Å². The standard InChI is InChI=1S/C25H22O3/c1-19-17-24(26)28-23(19)18-27-25(20-11-5-2-6-12-20,21-13-7-3-8-14-21)22-15-9-4-10-16-22/h2-17,23H,18H2,1H3/t23-/m0/s1. The van der Waals surface area contributed by atoms with Gasteiger partial charge in [-0.2, -0.15) is 0 Å². The van der Waals surface area contributed by atoms with Gasteiger partial charge in [0.1, 0.15) is 11.7 Å². The minimum absolute atomic E-state index is 0.271. The summed E-state index contributed by atoms with van der Waals surface area (Å²) in [7, 11) is 0. The lowest BCUT2D eigenvalue weighted by Crippen LogP contribution is -2.36. The van der Waals surface area contributed by atoms with E-state index in [1.165, 1.54) is 6.08 Å². The fraction of sp³-hybridized carbons (Fsp3) is 0.160. The Hall–Kier alpha value is -3.17. The molecular formula is C25H22O3. The van der Waals surface area contributed by atoms with Crippen molar-refractivity contribution in [3.63, 3.8) is 0 Å². The zero-order valence-corrected chi connectivity index (χ0v) is 15.7. The first-order valence-corrected chi connectivity index (χ1v) is 9.39. The first-order valence-electron chi connectivity index (χ1n) is 9.39. The van der Waals surface area contributed by atoms with E-state index in [0.717, 1.165) is 22.3 Å². The molecule has 1 aliphatic heterocycles. The van der Waals surface area contributed by atoms with Gasteiger partial charge in [0.05, 0.1) is 6.61 Å².